The van der Waals surface area contributed by atoms with Crippen LogP contribution in [0.2, 0.25) is 5.02 Å². The summed E-state index contributed by atoms with van der Waals surface area (Å²) in [7, 11) is 1.64. The number of likely N-dealkylation sites (N-methyl/N-ethyl adjacent to an activating group) is 1. The summed E-state index contributed by atoms with van der Waals surface area (Å²) in [6.07, 6.45) is 0.548. The van der Waals surface area contributed by atoms with Gasteiger partial charge in [-0.3, -0.25) is 0 Å². The van der Waals surface area contributed by atoms with E-state index in [-0.39, 0.29) is 11.9 Å². The number of rotatable bonds is 6. The predicted molar refractivity (Wildman–Crippen MR) is 84.5 cm³/mol. The number of ether oxygens (including phenoxy) is 1. The third kappa shape index (κ3) is 4.19. The van der Waals surface area contributed by atoms with Crippen molar-refractivity contribution in [2.75, 3.05) is 13.7 Å². The molecule has 1 unspecified atom stereocenters. The van der Waals surface area contributed by atoms with Crippen molar-refractivity contribution < 1.29 is 9.13 Å². The van der Waals surface area contributed by atoms with Crippen molar-refractivity contribution in [2.45, 2.75) is 19.4 Å². The zero-order valence-electron chi connectivity index (χ0n) is 12.2. The van der Waals surface area contributed by atoms with Gasteiger partial charge in [-0.2, -0.15) is 0 Å². The van der Waals surface area contributed by atoms with E-state index in [2.05, 4.69) is 5.32 Å². The maximum atomic E-state index is 13.9. The largest absolute Gasteiger partial charge is 0.497 e. The molecule has 0 radical (unpaired) electrons. The number of halogens is 2. The molecule has 2 aromatic rings. The first-order chi connectivity index (χ1) is 10.1. The van der Waals surface area contributed by atoms with Crippen LogP contribution in [0.15, 0.2) is 42.5 Å². The minimum absolute atomic E-state index is 0.0360. The van der Waals surface area contributed by atoms with Gasteiger partial charge in [0.2, 0.25) is 0 Å². The van der Waals surface area contributed by atoms with Crippen molar-refractivity contribution in [1.82, 2.24) is 5.32 Å². The average molecular weight is 308 g/mol. The van der Waals surface area contributed by atoms with Gasteiger partial charge in [0.15, 0.2) is 0 Å². The van der Waals surface area contributed by atoms with E-state index in [9.17, 15) is 4.39 Å². The van der Waals surface area contributed by atoms with Crippen LogP contribution < -0.4 is 10.1 Å². The Bertz CT molecular complexity index is 586. The lowest BCUT2D eigenvalue weighted by atomic mass is 9.98. The van der Waals surface area contributed by atoms with Crippen LogP contribution in [-0.2, 0) is 6.42 Å². The van der Waals surface area contributed by atoms with E-state index in [4.69, 9.17) is 16.3 Å². The van der Waals surface area contributed by atoms with E-state index in [1.54, 1.807) is 19.2 Å². The molecule has 0 aliphatic heterocycles. The molecule has 0 bridgehead atoms. The van der Waals surface area contributed by atoms with Crippen LogP contribution in [0, 0.1) is 5.82 Å². The van der Waals surface area contributed by atoms with Crippen LogP contribution in [0.4, 0.5) is 4.39 Å². The Hall–Kier alpha value is -1.58. The summed E-state index contributed by atoms with van der Waals surface area (Å²) >= 11 is 5.96. The van der Waals surface area contributed by atoms with Gasteiger partial charge in [-0.15, -0.1) is 0 Å². The number of benzene rings is 2. The summed E-state index contributed by atoms with van der Waals surface area (Å²) in [5.74, 6) is 0.582. The molecule has 0 spiro atoms. The molecule has 21 heavy (non-hydrogen) atoms. The van der Waals surface area contributed by atoms with Crippen LogP contribution >= 0.6 is 11.6 Å². The van der Waals surface area contributed by atoms with Crippen LogP contribution in [-0.4, -0.2) is 13.7 Å². The molecule has 1 N–H and O–H groups in total. The quantitative estimate of drug-likeness (QED) is 0.855. The zero-order chi connectivity index (χ0) is 15.2. The van der Waals surface area contributed by atoms with Crippen molar-refractivity contribution in [2.24, 2.45) is 0 Å². The summed E-state index contributed by atoms with van der Waals surface area (Å²) in [6, 6.07) is 12.5. The predicted octanol–water partition coefficient (Wildman–Crippen LogP) is 4.38. The fourth-order valence-electron chi connectivity index (χ4n) is 2.31. The Morgan fingerprint density at radius 3 is 2.52 bits per heavy atom. The molecule has 0 aliphatic rings. The lowest BCUT2D eigenvalue weighted by Gasteiger charge is -2.19. The molecule has 0 amide bonds. The van der Waals surface area contributed by atoms with E-state index in [0.717, 1.165) is 17.9 Å². The second kappa shape index (κ2) is 7.43. The first-order valence-electron chi connectivity index (χ1n) is 6.95. The van der Waals surface area contributed by atoms with Gasteiger partial charge in [-0.25, -0.2) is 4.39 Å². The monoisotopic (exact) mass is 307 g/mol. The molecule has 112 valence electrons. The summed E-state index contributed by atoms with van der Waals surface area (Å²) in [5, 5.41) is 3.93. The second-order valence-electron chi connectivity index (χ2n) is 4.82. The van der Waals surface area contributed by atoms with E-state index in [1.165, 1.54) is 6.07 Å². The standard InChI is InChI=1S/C17H19ClFNO/c1-3-20-17(12-4-7-15(21-2)8-5-12)11-13-10-14(18)6-9-16(13)19/h4-10,17,20H,3,11H2,1-2H3. The van der Waals surface area contributed by atoms with E-state index >= 15 is 0 Å². The van der Waals surface area contributed by atoms with Crippen LogP contribution in [0.25, 0.3) is 0 Å². The fraction of sp³-hybridized carbons (Fsp3) is 0.294. The molecule has 2 nitrogen and oxygen atoms in total. The van der Waals surface area contributed by atoms with Crippen LogP contribution in [0.1, 0.15) is 24.1 Å². The number of hydrogen-bond acceptors (Lipinski definition) is 2. The number of methoxy groups -OCH3 is 1. The molecule has 0 aromatic heterocycles. The highest BCUT2D eigenvalue weighted by Gasteiger charge is 2.14. The molecule has 0 heterocycles. The summed E-state index contributed by atoms with van der Waals surface area (Å²) in [6.45, 7) is 2.84. The highest BCUT2D eigenvalue weighted by molar-refractivity contribution is 6.30. The van der Waals surface area contributed by atoms with Gasteiger partial charge >= 0.3 is 0 Å². The van der Waals surface area contributed by atoms with E-state index in [0.29, 0.717) is 17.0 Å². The molecule has 1 atom stereocenters. The van der Waals surface area contributed by atoms with Crippen molar-refractivity contribution in [3.8, 4) is 5.75 Å². The molecule has 2 aromatic carbocycles. The number of nitrogens with one attached hydrogen (secondary N) is 1. The third-order valence-electron chi connectivity index (χ3n) is 3.40. The second-order valence-corrected chi connectivity index (χ2v) is 5.26. The van der Waals surface area contributed by atoms with Gasteiger partial charge in [0.05, 0.1) is 7.11 Å². The Morgan fingerprint density at radius 2 is 1.90 bits per heavy atom. The van der Waals surface area contributed by atoms with Gasteiger partial charge in [0.25, 0.3) is 0 Å². The molecule has 4 heteroatoms. The summed E-state index contributed by atoms with van der Waals surface area (Å²) < 4.78 is 19.1. The van der Waals surface area contributed by atoms with Gasteiger partial charge in [0, 0.05) is 11.1 Å². The smallest absolute Gasteiger partial charge is 0.126 e. The highest BCUT2D eigenvalue weighted by atomic mass is 35.5. The molecule has 0 saturated heterocycles. The topological polar surface area (TPSA) is 21.3 Å². The minimum Gasteiger partial charge on any atom is -0.497 e. The van der Waals surface area contributed by atoms with E-state index < -0.39 is 0 Å². The number of hydrogen-bond donors (Lipinski definition) is 1. The maximum absolute atomic E-state index is 13.9. The van der Waals surface area contributed by atoms with Crippen LogP contribution in [0.3, 0.4) is 0 Å². The van der Waals surface area contributed by atoms with Crippen molar-refractivity contribution in [3.63, 3.8) is 0 Å². The van der Waals surface area contributed by atoms with Gasteiger partial charge < -0.3 is 10.1 Å². The van der Waals surface area contributed by atoms with Crippen molar-refractivity contribution >= 4 is 11.6 Å². The van der Waals surface area contributed by atoms with Gasteiger partial charge in [0.1, 0.15) is 11.6 Å². The van der Waals surface area contributed by atoms with Gasteiger partial charge in [-0.05, 0) is 54.4 Å². The Morgan fingerprint density at radius 1 is 1.19 bits per heavy atom. The Labute approximate surface area is 129 Å². The Kier molecular flexibility index (Phi) is 5.59. The molecular weight excluding hydrogens is 289 g/mol. The average Bonchev–Trinajstić information content (AvgIpc) is 2.50. The normalized spacial score (nSPS) is 12.2. The molecule has 0 fully saturated rings. The maximum Gasteiger partial charge on any atom is 0.126 e. The van der Waals surface area contributed by atoms with Crippen LogP contribution in [0.5, 0.6) is 5.75 Å². The summed E-state index contributed by atoms with van der Waals surface area (Å²) in [4.78, 5) is 0. The molecule has 2 rings (SSSR count). The van der Waals surface area contributed by atoms with Crippen molar-refractivity contribution in [3.05, 3.63) is 64.4 Å². The van der Waals surface area contributed by atoms with E-state index in [1.807, 2.05) is 31.2 Å². The Balaban J connectivity index is 2.23. The first kappa shape index (κ1) is 15.8. The fourth-order valence-corrected chi connectivity index (χ4v) is 2.50. The molecule has 0 saturated carbocycles. The first-order valence-corrected chi connectivity index (χ1v) is 7.33. The summed E-state index contributed by atoms with van der Waals surface area (Å²) in [5.41, 5.74) is 1.71. The molecule has 0 aliphatic carbocycles. The SMILES string of the molecule is CCNC(Cc1cc(Cl)ccc1F)c1ccc(OC)cc1. The van der Waals surface area contributed by atoms with Crippen molar-refractivity contribution in [1.29, 1.82) is 0 Å². The lowest BCUT2D eigenvalue weighted by molar-refractivity contribution is 0.414. The molecular formula is C17H19ClFNO. The minimum atomic E-state index is -0.226. The van der Waals surface area contributed by atoms with Gasteiger partial charge in [-0.1, -0.05) is 30.7 Å². The third-order valence-corrected chi connectivity index (χ3v) is 3.64. The zero-order valence-corrected chi connectivity index (χ0v) is 13.0. The highest BCUT2D eigenvalue weighted by Crippen LogP contribution is 2.24. The lowest BCUT2D eigenvalue weighted by Crippen LogP contribution is -2.23.